The highest BCUT2D eigenvalue weighted by Crippen LogP contribution is 2.12. The number of nitrogens with one attached hydrogen (secondary N) is 1. The molecule has 0 aromatic carbocycles. The highest BCUT2D eigenvalue weighted by molar-refractivity contribution is 5.76. The van der Waals surface area contributed by atoms with Crippen LogP contribution < -0.4 is 5.32 Å². The van der Waals surface area contributed by atoms with Crippen LogP contribution >= 0.6 is 0 Å². The molecule has 1 amide bonds. The summed E-state index contributed by atoms with van der Waals surface area (Å²) in [5.74, 6) is -0.0929. The lowest BCUT2D eigenvalue weighted by molar-refractivity contribution is -0.123. The van der Waals surface area contributed by atoms with Crippen LogP contribution in [0.1, 0.15) is 213 Å². The molecule has 2 unspecified atom stereocenters. The van der Waals surface area contributed by atoms with Gasteiger partial charge in [0.15, 0.2) is 0 Å². The second-order valence-electron chi connectivity index (χ2n) is 17.6. The maximum absolute atomic E-state index is 12.4. The van der Waals surface area contributed by atoms with Gasteiger partial charge in [-0.2, -0.15) is 0 Å². The molecule has 0 fully saturated rings. The van der Waals surface area contributed by atoms with E-state index in [1.54, 1.807) is 6.08 Å². The van der Waals surface area contributed by atoms with Gasteiger partial charge < -0.3 is 15.5 Å². The Labute approximate surface area is 414 Å². The van der Waals surface area contributed by atoms with E-state index in [1.165, 1.54) is 77.0 Å². The molecule has 67 heavy (non-hydrogen) atoms. The first-order valence-corrected chi connectivity index (χ1v) is 27.2. The van der Waals surface area contributed by atoms with Crippen molar-refractivity contribution >= 4 is 5.91 Å². The summed E-state index contributed by atoms with van der Waals surface area (Å²) in [5.41, 5.74) is 0. The van der Waals surface area contributed by atoms with Crippen LogP contribution in [-0.4, -0.2) is 34.9 Å². The van der Waals surface area contributed by atoms with Gasteiger partial charge in [0.2, 0.25) is 5.91 Å². The fraction of sp³-hybridized carbons (Fsp3) is 0.571. The smallest absolute Gasteiger partial charge is 0.220 e. The van der Waals surface area contributed by atoms with Gasteiger partial charge in [0.05, 0.1) is 18.8 Å². The zero-order valence-electron chi connectivity index (χ0n) is 43.1. The fourth-order valence-electron chi connectivity index (χ4n) is 7.14. The lowest BCUT2D eigenvalue weighted by Crippen LogP contribution is -2.45. The van der Waals surface area contributed by atoms with Crippen molar-refractivity contribution in [3.63, 3.8) is 0 Å². The Kier molecular flexibility index (Phi) is 53.0. The van der Waals surface area contributed by atoms with Crippen molar-refractivity contribution in [3.05, 3.63) is 158 Å². The van der Waals surface area contributed by atoms with Gasteiger partial charge in [-0.25, -0.2) is 0 Å². The molecular weight excluding hydrogens is 819 g/mol. The Hall–Kier alpha value is -3.99. The average Bonchev–Trinajstić information content (AvgIpc) is 3.33. The van der Waals surface area contributed by atoms with E-state index in [-0.39, 0.29) is 12.5 Å². The average molecular weight is 921 g/mol. The zero-order chi connectivity index (χ0) is 48.5. The van der Waals surface area contributed by atoms with Crippen molar-refractivity contribution in [3.8, 4) is 0 Å². The first kappa shape index (κ1) is 63.0. The lowest BCUT2D eigenvalue weighted by atomic mass is 10.1. The van der Waals surface area contributed by atoms with Gasteiger partial charge in [0.1, 0.15) is 0 Å². The molecule has 0 aliphatic heterocycles. The molecule has 0 spiro atoms. The molecular formula is C63H101NO3. The van der Waals surface area contributed by atoms with E-state index in [2.05, 4.69) is 165 Å². The highest BCUT2D eigenvalue weighted by atomic mass is 16.3. The maximum Gasteiger partial charge on any atom is 0.220 e. The Bertz CT molecular complexity index is 1460. The van der Waals surface area contributed by atoms with Crippen LogP contribution in [0.4, 0.5) is 0 Å². The van der Waals surface area contributed by atoms with Crippen molar-refractivity contribution in [1.29, 1.82) is 0 Å². The molecule has 0 radical (unpaired) electrons. The first-order valence-electron chi connectivity index (χ1n) is 27.2. The molecule has 0 rings (SSSR count). The summed E-state index contributed by atoms with van der Waals surface area (Å²) in [6.07, 6.45) is 91.0. The van der Waals surface area contributed by atoms with E-state index >= 15 is 0 Å². The minimum absolute atomic E-state index is 0.0929. The molecule has 2 atom stereocenters. The minimum atomic E-state index is -0.877. The number of aliphatic hydroxyl groups is 2. The van der Waals surface area contributed by atoms with Gasteiger partial charge in [-0.3, -0.25) is 4.79 Å². The molecule has 0 aromatic rings. The number of carbonyl (C=O) groups excluding carboxylic acids is 1. The van der Waals surface area contributed by atoms with E-state index in [0.717, 1.165) is 116 Å². The van der Waals surface area contributed by atoms with Crippen molar-refractivity contribution < 1.29 is 15.0 Å². The van der Waals surface area contributed by atoms with Crippen LogP contribution in [0, 0.1) is 0 Å². The van der Waals surface area contributed by atoms with Crippen LogP contribution in [0.3, 0.4) is 0 Å². The quantitative estimate of drug-likeness (QED) is 0.0421. The largest absolute Gasteiger partial charge is 0.394 e. The van der Waals surface area contributed by atoms with E-state index in [0.29, 0.717) is 6.42 Å². The van der Waals surface area contributed by atoms with Crippen LogP contribution in [0.2, 0.25) is 0 Å². The van der Waals surface area contributed by atoms with Crippen molar-refractivity contribution in [1.82, 2.24) is 5.32 Å². The van der Waals surface area contributed by atoms with E-state index in [4.69, 9.17) is 0 Å². The third kappa shape index (κ3) is 52.8. The second-order valence-corrected chi connectivity index (χ2v) is 17.6. The summed E-state index contributed by atoms with van der Waals surface area (Å²) in [6.45, 7) is 4.15. The van der Waals surface area contributed by atoms with Gasteiger partial charge in [-0.15, -0.1) is 0 Å². The summed E-state index contributed by atoms with van der Waals surface area (Å²) in [4.78, 5) is 12.4. The molecule has 0 aromatic heterocycles. The molecule has 4 heteroatoms. The van der Waals surface area contributed by atoms with Crippen LogP contribution in [0.5, 0.6) is 0 Å². The summed E-state index contributed by atoms with van der Waals surface area (Å²) >= 11 is 0. The standard InChI is InChI=1S/C63H101NO3/c1-3-5-7-9-11-13-15-17-19-20-21-22-23-24-25-26-27-28-29-30-31-32-33-34-35-36-37-38-39-40-41-42-43-44-45-47-49-51-53-55-57-59-63(67)64-61(60-65)62(66)58-56-54-52-50-48-46-18-16-14-12-10-8-6-4-2/h5,7,11,13,17,19,21-22,24-25,27-28,30-31,33-34,36-37,39-40,42-43,48,50,56,58,61-62,65-66H,3-4,6,8-10,12,14-16,18,20,23,26,29,32,35,38,41,44-47,49,51-55,57,59-60H2,1-2H3,(H,64,67)/b7-5-,13-11-,19-17-,22-21-,25-24-,28-27-,31-30-,34-33-,37-36-,40-39-,43-42-,50-48+,58-56+. The Morgan fingerprint density at radius 3 is 1.04 bits per heavy atom. The van der Waals surface area contributed by atoms with Crippen LogP contribution in [-0.2, 0) is 4.79 Å². The molecule has 3 N–H and O–H groups in total. The molecule has 0 aliphatic carbocycles. The third-order valence-corrected chi connectivity index (χ3v) is 11.2. The molecule has 4 nitrogen and oxygen atoms in total. The SMILES string of the molecule is CC/C=C\C/C=C\C/C=C\C/C=C\C/C=C\C/C=C\C/C=C\C/C=C\C/C=C\C/C=C\C/C=C\CCCCCCCCCC(=O)NC(CO)C(O)/C=C/CC/C=C/CCCCCCCCCC. The number of aliphatic hydroxyl groups excluding tert-OH is 2. The van der Waals surface area contributed by atoms with Crippen molar-refractivity contribution in [2.24, 2.45) is 0 Å². The van der Waals surface area contributed by atoms with Gasteiger partial charge >= 0.3 is 0 Å². The summed E-state index contributed by atoms with van der Waals surface area (Å²) in [5, 5.41) is 23.0. The number of hydrogen-bond donors (Lipinski definition) is 3. The molecule has 0 aliphatic rings. The van der Waals surface area contributed by atoms with Gasteiger partial charge in [0, 0.05) is 6.42 Å². The van der Waals surface area contributed by atoms with Crippen LogP contribution in [0.25, 0.3) is 0 Å². The monoisotopic (exact) mass is 920 g/mol. The Morgan fingerprint density at radius 1 is 0.373 bits per heavy atom. The first-order chi connectivity index (χ1) is 33.2. The Balaban J connectivity index is 3.69. The maximum atomic E-state index is 12.4. The zero-order valence-corrected chi connectivity index (χ0v) is 43.1. The van der Waals surface area contributed by atoms with E-state index in [1.807, 2.05) is 6.08 Å². The molecule has 0 saturated heterocycles. The number of unbranched alkanes of at least 4 members (excludes halogenated alkanes) is 16. The van der Waals surface area contributed by atoms with Gasteiger partial charge in [-0.1, -0.05) is 249 Å². The van der Waals surface area contributed by atoms with E-state index < -0.39 is 12.1 Å². The minimum Gasteiger partial charge on any atom is -0.394 e. The molecule has 0 heterocycles. The molecule has 376 valence electrons. The summed E-state index contributed by atoms with van der Waals surface area (Å²) in [7, 11) is 0. The number of carbonyl (C=O) groups is 1. The number of hydrogen-bond acceptors (Lipinski definition) is 3. The summed E-state index contributed by atoms with van der Waals surface area (Å²) < 4.78 is 0. The van der Waals surface area contributed by atoms with Gasteiger partial charge in [-0.05, 0) is 116 Å². The lowest BCUT2D eigenvalue weighted by Gasteiger charge is -2.19. The van der Waals surface area contributed by atoms with Crippen LogP contribution in [0.15, 0.2) is 158 Å². The van der Waals surface area contributed by atoms with Crippen molar-refractivity contribution in [2.75, 3.05) is 6.61 Å². The predicted octanol–water partition coefficient (Wildman–Crippen LogP) is 18.2. The highest BCUT2D eigenvalue weighted by Gasteiger charge is 2.17. The second kappa shape index (κ2) is 56.3. The molecule has 0 saturated carbocycles. The Morgan fingerprint density at radius 2 is 0.672 bits per heavy atom. The fourth-order valence-corrected chi connectivity index (χ4v) is 7.14. The topological polar surface area (TPSA) is 69.6 Å². The van der Waals surface area contributed by atoms with Gasteiger partial charge in [0.25, 0.3) is 0 Å². The predicted molar refractivity (Wildman–Crippen MR) is 298 cm³/mol. The molecule has 0 bridgehead atoms. The number of allylic oxidation sites excluding steroid dienone is 25. The number of rotatable bonds is 47. The third-order valence-electron chi connectivity index (χ3n) is 11.2. The normalized spacial score (nSPS) is 14.1. The van der Waals surface area contributed by atoms with Crippen molar-refractivity contribution in [2.45, 2.75) is 225 Å². The number of amides is 1. The summed E-state index contributed by atoms with van der Waals surface area (Å²) in [6, 6.07) is -0.656. The van der Waals surface area contributed by atoms with E-state index in [9.17, 15) is 15.0 Å².